The largest absolute Gasteiger partial charge is 0.378 e. The SMILES string of the molecule is O=C(C1CCCN(c2nc3c(F)cc(F)cc3s2)C1)N1CCOCC1. The number of carbonyl (C=O) groups excluding carboxylic acids is 1. The molecule has 0 saturated carbocycles. The van der Waals surface area contributed by atoms with Crippen LogP contribution in [0.1, 0.15) is 12.8 Å². The first-order valence-corrected chi connectivity index (χ1v) is 9.30. The number of aromatic nitrogens is 1. The molecule has 134 valence electrons. The van der Waals surface area contributed by atoms with Crippen molar-refractivity contribution in [1.82, 2.24) is 9.88 Å². The van der Waals surface area contributed by atoms with Crippen molar-refractivity contribution in [2.45, 2.75) is 12.8 Å². The molecular weight excluding hydrogens is 348 g/mol. The van der Waals surface area contributed by atoms with E-state index in [4.69, 9.17) is 4.74 Å². The molecule has 2 aliphatic rings. The van der Waals surface area contributed by atoms with Crippen LogP contribution >= 0.6 is 11.3 Å². The predicted octanol–water partition coefficient (Wildman–Crippen LogP) is 2.65. The molecule has 1 atom stereocenters. The lowest BCUT2D eigenvalue weighted by molar-refractivity contribution is -0.139. The molecule has 0 N–H and O–H groups in total. The maximum atomic E-state index is 13.9. The maximum absolute atomic E-state index is 13.9. The number of benzene rings is 1. The lowest BCUT2D eigenvalue weighted by Crippen LogP contribution is -2.48. The summed E-state index contributed by atoms with van der Waals surface area (Å²) in [6.45, 7) is 3.80. The molecule has 2 aromatic rings. The van der Waals surface area contributed by atoms with Gasteiger partial charge >= 0.3 is 0 Å². The summed E-state index contributed by atoms with van der Waals surface area (Å²) in [5, 5.41) is 0.652. The highest BCUT2D eigenvalue weighted by molar-refractivity contribution is 7.22. The maximum Gasteiger partial charge on any atom is 0.227 e. The third-order valence-corrected chi connectivity index (χ3v) is 5.83. The summed E-state index contributed by atoms with van der Waals surface area (Å²) in [4.78, 5) is 20.9. The van der Waals surface area contributed by atoms with Gasteiger partial charge in [-0.25, -0.2) is 13.8 Å². The van der Waals surface area contributed by atoms with Gasteiger partial charge in [0.25, 0.3) is 0 Å². The highest BCUT2D eigenvalue weighted by Crippen LogP contribution is 2.33. The second kappa shape index (κ2) is 6.84. The molecule has 2 aliphatic heterocycles. The minimum atomic E-state index is -0.643. The highest BCUT2D eigenvalue weighted by Gasteiger charge is 2.31. The predicted molar refractivity (Wildman–Crippen MR) is 91.9 cm³/mol. The van der Waals surface area contributed by atoms with E-state index in [0.717, 1.165) is 25.5 Å². The molecule has 1 amide bonds. The number of fused-ring (bicyclic) bond motifs is 1. The molecule has 2 fully saturated rings. The van der Waals surface area contributed by atoms with Crippen LogP contribution in [0.25, 0.3) is 10.2 Å². The van der Waals surface area contributed by atoms with Gasteiger partial charge in [0.15, 0.2) is 10.9 Å². The molecule has 25 heavy (non-hydrogen) atoms. The Morgan fingerprint density at radius 2 is 2.04 bits per heavy atom. The fourth-order valence-electron chi connectivity index (χ4n) is 3.48. The molecule has 1 aromatic heterocycles. The second-order valence-corrected chi connectivity index (χ2v) is 7.46. The van der Waals surface area contributed by atoms with Gasteiger partial charge < -0.3 is 14.5 Å². The number of anilines is 1. The molecule has 8 heteroatoms. The summed E-state index contributed by atoms with van der Waals surface area (Å²) >= 11 is 1.27. The summed E-state index contributed by atoms with van der Waals surface area (Å²) in [5.41, 5.74) is 0.197. The number of hydrogen-bond donors (Lipinski definition) is 0. The molecule has 3 heterocycles. The van der Waals surface area contributed by atoms with E-state index < -0.39 is 11.6 Å². The van der Waals surface area contributed by atoms with Gasteiger partial charge in [0.05, 0.1) is 23.8 Å². The van der Waals surface area contributed by atoms with E-state index in [-0.39, 0.29) is 17.3 Å². The Morgan fingerprint density at radius 3 is 2.84 bits per heavy atom. The van der Waals surface area contributed by atoms with Gasteiger partial charge in [-0.2, -0.15) is 0 Å². The number of nitrogens with zero attached hydrogens (tertiary/aromatic N) is 3. The quantitative estimate of drug-likeness (QED) is 0.819. The average molecular weight is 367 g/mol. The topological polar surface area (TPSA) is 45.7 Å². The zero-order valence-corrected chi connectivity index (χ0v) is 14.5. The number of amides is 1. The van der Waals surface area contributed by atoms with Gasteiger partial charge in [-0.1, -0.05) is 11.3 Å². The first-order chi connectivity index (χ1) is 12.1. The van der Waals surface area contributed by atoms with Crippen molar-refractivity contribution in [3.63, 3.8) is 0 Å². The Labute approximate surface area is 148 Å². The van der Waals surface area contributed by atoms with Gasteiger partial charge in [0.1, 0.15) is 11.3 Å². The van der Waals surface area contributed by atoms with Crippen LogP contribution < -0.4 is 4.90 Å². The number of ether oxygens (including phenoxy) is 1. The van der Waals surface area contributed by atoms with Crippen LogP contribution in [0.15, 0.2) is 12.1 Å². The van der Waals surface area contributed by atoms with Crippen LogP contribution in [0.5, 0.6) is 0 Å². The zero-order valence-electron chi connectivity index (χ0n) is 13.7. The molecule has 0 radical (unpaired) electrons. The molecule has 1 unspecified atom stereocenters. The number of thiazole rings is 1. The van der Waals surface area contributed by atoms with Crippen molar-refractivity contribution < 1.29 is 18.3 Å². The number of halogens is 2. The Hall–Kier alpha value is -1.80. The molecule has 4 rings (SSSR count). The fourth-order valence-corrected chi connectivity index (χ4v) is 4.52. The first-order valence-electron chi connectivity index (χ1n) is 8.49. The minimum Gasteiger partial charge on any atom is -0.378 e. The molecule has 0 spiro atoms. The van der Waals surface area contributed by atoms with Crippen LogP contribution in [0, 0.1) is 17.6 Å². The Bertz CT molecular complexity index is 792. The molecule has 1 aromatic carbocycles. The van der Waals surface area contributed by atoms with Crippen LogP contribution in [-0.2, 0) is 9.53 Å². The second-order valence-electron chi connectivity index (χ2n) is 6.45. The number of carbonyl (C=O) groups is 1. The van der Waals surface area contributed by atoms with Crippen LogP contribution in [0.3, 0.4) is 0 Å². The number of piperidine rings is 1. The normalized spacial score (nSPS) is 21.8. The molecule has 0 bridgehead atoms. The van der Waals surface area contributed by atoms with Crippen LogP contribution in [0.4, 0.5) is 13.9 Å². The van der Waals surface area contributed by atoms with Crippen molar-refractivity contribution in [2.75, 3.05) is 44.3 Å². The monoisotopic (exact) mass is 367 g/mol. The van der Waals surface area contributed by atoms with Crippen LogP contribution in [-0.4, -0.2) is 55.2 Å². The molecule has 2 saturated heterocycles. The first kappa shape index (κ1) is 16.7. The summed E-state index contributed by atoms with van der Waals surface area (Å²) < 4.78 is 33.1. The van der Waals surface area contributed by atoms with E-state index in [0.29, 0.717) is 42.7 Å². The lowest BCUT2D eigenvalue weighted by Gasteiger charge is -2.36. The summed E-state index contributed by atoms with van der Waals surface area (Å²) in [6, 6.07) is 2.16. The van der Waals surface area contributed by atoms with E-state index in [2.05, 4.69) is 4.98 Å². The number of morpholine rings is 1. The van der Waals surface area contributed by atoms with Gasteiger partial charge in [0.2, 0.25) is 5.91 Å². The molecule has 0 aliphatic carbocycles. The van der Waals surface area contributed by atoms with E-state index in [1.165, 1.54) is 17.4 Å². The van der Waals surface area contributed by atoms with Gasteiger partial charge in [0, 0.05) is 32.2 Å². The van der Waals surface area contributed by atoms with Crippen molar-refractivity contribution in [2.24, 2.45) is 5.92 Å². The Kier molecular flexibility index (Phi) is 4.56. The lowest BCUT2D eigenvalue weighted by atomic mass is 9.96. The van der Waals surface area contributed by atoms with E-state index >= 15 is 0 Å². The highest BCUT2D eigenvalue weighted by atomic mass is 32.1. The van der Waals surface area contributed by atoms with Gasteiger partial charge in [-0.05, 0) is 18.9 Å². The summed E-state index contributed by atoms with van der Waals surface area (Å²) in [6.07, 6.45) is 1.73. The smallest absolute Gasteiger partial charge is 0.227 e. The average Bonchev–Trinajstić information content (AvgIpc) is 3.06. The Morgan fingerprint density at radius 1 is 1.24 bits per heavy atom. The van der Waals surface area contributed by atoms with E-state index in [1.54, 1.807) is 0 Å². The Balaban J connectivity index is 1.53. The van der Waals surface area contributed by atoms with Gasteiger partial charge in [-0.15, -0.1) is 0 Å². The van der Waals surface area contributed by atoms with Crippen molar-refractivity contribution in [3.05, 3.63) is 23.8 Å². The summed E-state index contributed by atoms with van der Waals surface area (Å²) in [7, 11) is 0. The van der Waals surface area contributed by atoms with E-state index in [9.17, 15) is 13.6 Å². The molecular formula is C17H19F2N3O2S. The van der Waals surface area contributed by atoms with E-state index in [1.807, 2.05) is 9.80 Å². The fraction of sp³-hybridized carbons (Fsp3) is 0.529. The van der Waals surface area contributed by atoms with Crippen molar-refractivity contribution in [1.29, 1.82) is 0 Å². The summed E-state index contributed by atoms with van der Waals surface area (Å²) in [5.74, 6) is -1.17. The standard InChI is InChI=1S/C17H19F2N3O2S/c18-12-8-13(19)15-14(9-12)25-17(20-15)22-3-1-2-11(10-22)16(23)21-4-6-24-7-5-21/h8-9,11H,1-7,10H2. The van der Waals surface area contributed by atoms with Crippen LogP contribution in [0.2, 0.25) is 0 Å². The zero-order chi connectivity index (χ0) is 17.4. The molecule has 5 nitrogen and oxygen atoms in total. The third-order valence-electron chi connectivity index (χ3n) is 4.77. The number of hydrogen-bond acceptors (Lipinski definition) is 5. The van der Waals surface area contributed by atoms with Crippen molar-refractivity contribution in [3.8, 4) is 0 Å². The minimum absolute atomic E-state index is 0.0829. The number of rotatable bonds is 2. The van der Waals surface area contributed by atoms with Gasteiger partial charge in [-0.3, -0.25) is 4.79 Å². The van der Waals surface area contributed by atoms with Crippen molar-refractivity contribution >= 4 is 32.6 Å². The third kappa shape index (κ3) is 3.32.